The molecular formula is C20H18O2. The highest BCUT2D eigenvalue weighted by atomic mass is 16.3. The fraction of sp³-hybridized carbons (Fsp3) is 0.100. The summed E-state index contributed by atoms with van der Waals surface area (Å²) in [6.45, 7) is 3.99. The van der Waals surface area contributed by atoms with E-state index < -0.39 is 0 Å². The molecule has 2 heteroatoms. The van der Waals surface area contributed by atoms with Crippen molar-refractivity contribution in [2.24, 2.45) is 0 Å². The third-order valence-corrected chi connectivity index (χ3v) is 3.93. The van der Waals surface area contributed by atoms with Crippen LogP contribution in [-0.4, -0.2) is 10.2 Å². The average molecular weight is 290 g/mol. The van der Waals surface area contributed by atoms with E-state index in [-0.39, 0.29) is 11.5 Å². The number of hydrogen-bond donors (Lipinski definition) is 2. The van der Waals surface area contributed by atoms with Gasteiger partial charge in [0.15, 0.2) is 0 Å². The summed E-state index contributed by atoms with van der Waals surface area (Å²) in [7, 11) is 0. The predicted octanol–water partition coefficient (Wildman–Crippen LogP) is 5.05. The molecule has 3 aromatic rings. The van der Waals surface area contributed by atoms with E-state index in [1.807, 2.05) is 26.0 Å². The smallest absolute Gasteiger partial charge is 0.115 e. The summed E-state index contributed by atoms with van der Waals surface area (Å²) in [5.74, 6) is 0.579. The monoisotopic (exact) mass is 290 g/mol. The zero-order valence-electron chi connectivity index (χ0n) is 12.7. The fourth-order valence-electron chi connectivity index (χ4n) is 2.77. The molecule has 22 heavy (non-hydrogen) atoms. The van der Waals surface area contributed by atoms with Crippen molar-refractivity contribution in [3.63, 3.8) is 0 Å². The van der Waals surface area contributed by atoms with Crippen LogP contribution in [0.5, 0.6) is 11.5 Å². The topological polar surface area (TPSA) is 40.5 Å². The van der Waals surface area contributed by atoms with Crippen LogP contribution in [0.1, 0.15) is 11.1 Å². The summed E-state index contributed by atoms with van der Waals surface area (Å²) >= 11 is 0. The van der Waals surface area contributed by atoms with E-state index in [1.165, 1.54) is 0 Å². The lowest BCUT2D eigenvalue weighted by molar-refractivity contribution is 0.474. The third-order valence-electron chi connectivity index (χ3n) is 3.93. The highest BCUT2D eigenvalue weighted by molar-refractivity contribution is 5.74. The summed E-state index contributed by atoms with van der Waals surface area (Å²) in [5, 5.41) is 19.0. The molecule has 0 aromatic heterocycles. The number of rotatable bonds is 2. The maximum atomic E-state index is 9.51. The predicted molar refractivity (Wildman–Crippen MR) is 90.1 cm³/mol. The lowest BCUT2D eigenvalue weighted by Crippen LogP contribution is -1.86. The Bertz CT molecular complexity index is 747. The lowest BCUT2D eigenvalue weighted by Gasteiger charge is -2.10. The van der Waals surface area contributed by atoms with Gasteiger partial charge in [-0.15, -0.1) is 0 Å². The van der Waals surface area contributed by atoms with Crippen LogP contribution in [0.15, 0.2) is 60.7 Å². The Kier molecular flexibility index (Phi) is 3.60. The highest BCUT2D eigenvalue weighted by Gasteiger charge is 2.06. The Labute approximate surface area is 130 Å². The van der Waals surface area contributed by atoms with Crippen LogP contribution < -0.4 is 0 Å². The normalized spacial score (nSPS) is 10.6. The van der Waals surface area contributed by atoms with E-state index in [2.05, 4.69) is 24.3 Å². The first-order valence-corrected chi connectivity index (χ1v) is 7.24. The fourth-order valence-corrected chi connectivity index (χ4v) is 2.77. The van der Waals surface area contributed by atoms with Gasteiger partial charge in [0, 0.05) is 0 Å². The van der Waals surface area contributed by atoms with Gasteiger partial charge in [-0.3, -0.25) is 0 Å². The number of phenols is 2. The zero-order valence-corrected chi connectivity index (χ0v) is 12.7. The summed E-state index contributed by atoms with van der Waals surface area (Å²) in [6, 6.07) is 19.2. The van der Waals surface area contributed by atoms with Crippen molar-refractivity contribution in [2.75, 3.05) is 0 Å². The van der Waals surface area contributed by atoms with E-state index in [4.69, 9.17) is 0 Å². The molecule has 0 fully saturated rings. The van der Waals surface area contributed by atoms with Gasteiger partial charge in [-0.2, -0.15) is 0 Å². The Morgan fingerprint density at radius 3 is 1.23 bits per heavy atom. The van der Waals surface area contributed by atoms with Gasteiger partial charge in [0.05, 0.1) is 0 Å². The van der Waals surface area contributed by atoms with Gasteiger partial charge in [0.2, 0.25) is 0 Å². The maximum absolute atomic E-state index is 9.51. The highest BCUT2D eigenvalue weighted by Crippen LogP contribution is 2.30. The lowest BCUT2D eigenvalue weighted by atomic mass is 9.95. The molecule has 0 unspecified atom stereocenters. The van der Waals surface area contributed by atoms with Crippen LogP contribution in [0, 0.1) is 13.8 Å². The van der Waals surface area contributed by atoms with Gasteiger partial charge in [0.25, 0.3) is 0 Å². The number of aromatic hydroxyl groups is 2. The van der Waals surface area contributed by atoms with Crippen LogP contribution in [-0.2, 0) is 0 Å². The second-order valence-corrected chi connectivity index (χ2v) is 5.58. The van der Waals surface area contributed by atoms with Crippen molar-refractivity contribution >= 4 is 0 Å². The molecule has 2 nitrogen and oxygen atoms in total. The van der Waals surface area contributed by atoms with Crippen molar-refractivity contribution < 1.29 is 10.2 Å². The second kappa shape index (κ2) is 5.57. The van der Waals surface area contributed by atoms with Gasteiger partial charge >= 0.3 is 0 Å². The molecule has 0 spiro atoms. The Hall–Kier alpha value is -2.74. The maximum Gasteiger partial charge on any atom is 0.115 e. The van der Waals surface area contributed by atoms with Crippen LogP contribution in [0.4, 0.5) is 0 Å². The largest absolute Gasteiger partial charge is 0.508 e. The first-order chi connectivity index (χ1) is 10.5. The standard InChI is InChI=1S/C20H18O2/c1-13-11-17(21)7-9-19(13)15-3-5-16(6-4-15)20-10-8-18(22)12-14(20)2/h3-12,21-22H,1-2H3. The zero-order chi connectivity index (χ0) is 15.7. The van der Waals surface area contributed by atoms with Crippen molar-refractivity contribution in [3.8, 4) is 33.8 Å². The first kappa shape index (κ1) is 14.2. The quantitative estimate of drug-likeness (QED) is 0.693. The van der Waals surface area contributed by atoms with Crippen LogP contribution in [0.25, 0.3) is 22.3 Å². The van der Waals surface area contributed by atoms with E-state index in [9.17, 15) is 10.2 Å². The van der Waals surface area contributed by atoms with Crippen LogP contribution >= 0.6 is 0 Å². The second-order valence-electron chi connectivity index (χ2n) is 5.58. The molecule has 0 radical (unpaired) electrons. The molecule has 110 valence electrons. The Morgan fingerprint density at radius 1 is 0.545 bits per heavy atom. The van der Waals surface area contributed by atoms with E-state index in [1.54, 1.807) is 24.3 Å². The minimum absolute atomic E-state index is 0.289. The average Bonchev–Trinajstić information content (AvgIpc) is 2.48. The van der Waals surface area contributed by atoms with Crippen molar-refractivity contribution in [1.29, 1.82) is 0 Å². The molecule has 3 aromatic carbocycles. The molecule has 0 aliphatic heterocycles. The minimum Gasteiger partial charge on any atom is -0.508 e. The first-order valence-electron chi connectivity index (χ1n) is 7.24. The molecule has 0 heterocycles. The van der Waals surface area contributed by atoms with Gasteiger partial charge in [-0.1, -0.05) is 36.4 Å². The van der Waals surface area contributed by atoms with Crippen LogP contribution in [0.2, 0.25) is 0 Å². The number of benzene rings is 3. The van der Waals surface area contributed by atoms with Gasteiger partial charge < -0.3 is 10.2 Å². The van der Waals surface area contributed by atoms with Gasteiger partial charge in [-0.25, -0.2) is 0 Å². The summed E-state index contributed by atoms with van der Waals surface area (Å²) in [4.78, 5) is 0. The summed E-state index contributed by atoms with van der Waals surface area (Å²) in [5.41, 5.74) is 6.58. The Morgan fingerprint density at radius 2 is 0.909 bits per heavy atom. The van der Waals surface area contributed by atoms with Crippen molar-refractivity contribution in [1.82, 2.24) is 0 Å². The van der Waals surface area contributed by atoms with Crippen molar-refractivity contribution in [3.05, 3.63) is 71.8 Å². The molecule has 0 saturated carbocycles. The van der Waals surface area contributed by atoms with Crippen molar-refractivity contribution in [2.45, 2.75) is 13.8 Å². The van der Waals surface area contributed by atoms with E-state index >= 15 is 0 Å². The molecule has 2 N–H and O–H groups in total. The molecule has 0 bridgehead atoms. The minimum atomic E-state index is 0.289. The van der Waals surface area contributed by atoms with Crippen LogP contribution in [0.3, 0.4) is 0 Å². The SMILES string of the molecule is Cc1cc(O)ccc1-c1ccc(-c2ccc(O)cc2C)cc1. The number of aryl methyl sites for hydroxylation is 2. The molecule has 0 saturated heterocycles. The molecule has 0 atom stereocenters. The molecule has 0 aliphatic rings. The number of hydrogen-bond acceptors (Lipinski definition) is 2. The van der Waals surface area contributed by atoms with Gasteiger partial charge in [-0.05, 0) is 71.5 Å². The Balaban J connectivity index is 1.99. The van der Waals surface area contributed by atoms with E-state index in [0.29, 0.717) is 0 Å². The van der Waals surface area contributed by atoms with E-state index in [0.717, 1.165) is 33.4 Å². The molecule has 0 amide bonds. The number of phenolic OH excluding ortho intramolecular Hbond substituents is 2. The molecule has 3 rings (SSSR count). The molecule has 0 aliphatic carbocycles. The summed E-state index contributed by atoms with van der Waals surface area (Å²) in [6.07, 6.45) is 0. The molecular weight excluding hydrogens is 272 g/mol. The summed E-state index contributed by atoms with van der Waals surface area (Å²) < 4.78 is 0. The third kappa shape index (κ3) is 2.68. The van der Waals surface area contributed by atoms with Gasteiger partial charge in [0.1, 0.15) is 11.5 Å².